The number of imidazole rings is 2. The fraction of sp³-hybridized carbons (Fsp3) is 0.576. The molecule has 4 aromatic rings. The van der Waals surface area contributed by atoms with E-state index in [1.807, 2.05) is 0 Å². The fourth-order valence-electron chi connectivity index (χ4n) is 6.05. The van der Waals surface area contributed by atoms with E-state index in [-0.39, 0.29) is 34.7 Å². The minimum absolute atomic E-state index is 0.0110. The Morgan fingerprint density at radius 1 is 0.814 bits per heavy atom. The third-order valence-electron chi connectivity index (χ3n) is 9.18. The number of nitrogens with two attached hydrogens (primary N) is 2. The minimum Gasteiger partial charge on any atom is -0.438 e. The Hall–Kier alpha value is -4.51. The number of fused-ring (bicyclic) bond motifs is 4. The summed E-state index contributed by atoms with van der Waals surface area (Å²) in [6.07, 6.45) is -4.38. The predicted octanol–water partition coefficient (Wildman–Crippen LogP) is 4.10. The van der Waals surface area contributed by atoms with Crippen LogP contribution in [0, 0.1) is 10.8 Å². The number of anilines is 2. The van der Waals surface area contributed by atoms with Gasteiger partial charge in [-0.1, -0.05) is 0 Å². The zero-order valence-electron chi connectivity index (χ0n) is 32.6. The van der Waals surface area contributed by atoms with Crippen LogP contribution in [-0.4, -0.2) is 102 Å². The number of carbonyl (C=O) groups is 2. The average Bonchev–Trinajstić information content (AvgIpc) is 3.95. The van der Waals surface area contributed by atoms with Crippen LogP contribution in [0.15, 0.2) is 37.2 Å². The van der Waals surface area contributed by atoms with E-state index in [2.05, 4.69) is 29.9 Å². The third kappa shape index (κ3) is 9.01. The van der Waals surface area contributed by atoms with Crippen LogP contribution >= 0.6 is 15.4 Å². The summed E-state index contributed by atoms with van der Waals surface area (Å²) in [5, 5.41) is 0. The summed E-state index contributed by atoms with van der Waals surface area (Å²) in [5.74, 6) is -0.283. The Kier molecular flexibility index (Phi) is 11.7. The lowest BCUT2D eigenvalue weighted by Crippen LogP contribution is -2.33. The van der Waals surface area contributed by atoms with Crippen molar-refractivity contribution in [2.24, 2.45) is 10.8 Å². The highest BCUT2D eigenvalue weighted by molar-refractivity contribution is 7.57. The van der Waals surface area contributed by atoms with E-state index in [1.165, 1.54) is 28.1 Å². The number of alkyl halides is 1. The Balaban J connectivity index is 1.25. The highest BCUT2D eigenvalue weighted by atomic mass is 31.2. The summed E-state index contributed by atoms with van der Waals surface area (Å²) in [4.78, 5) is 49.9. The fourth-order valence-corrected chi connectivity index (χ4v) is 8.69. The van der Waals surface area contributed by atoms with Gasteiger partial charge in [0, 0.05) is 12.2 Å². The van der Waals surface area contributed by atoms with Gasteiger partial charge in [-0.3, -0.25) is 41.4 Å². The number of carbonyl (C=O) groups excluding carboxylic acids is 2. The first-order chi connectivity index (χ1) is 27.8. The quantitative estimate of drug-likeness (QED) is 0.143. The normalized spacial score (nSPS) is 30.9. The molecule has 2 saturated heterocycles. The molecule has 2 fully saturated rings. The van der Waals surface area contributed by atoms with Gasteiger partial charge in [0.2, 0.25) is 13.6 Å². The molecule has 9 atom stereocenters. The molecule has 3 aliphatic rings. The standard InChI is InChI=1S/C33H43FN10O13P2/c1-32(2,3)30(45)49-15-52-58(47)8-7-17-24(21(34)29(55-17)44-14-42-23-26(36)38-12-40-28(23)44)57-59(48,53-16-50-31(46)33(4,5)6)51-10-19-18(56-58)9-20(54-19)43-13-41-22-25(35)37-11-39-27(22)43/h7-8,11-14,17-21,24,29H,9-10,15-16H2,1-6H3,(H2,35,37,39)(H2,36,38,40)/b8-7+/t17-,18+,19-,20-,21-,24-,29-,58?,59?/m1/s1. The predicted molar refractivity (Wildman–Crippen MR) is 200 cm³/mol. The first kappa shape index (κ1) is 42.6. The molecule has 3 aliphatic heterocycles. The van der Waals surface area contributed by atoms with E-state index in [9.17, 15) is 18.7 Å². The van der Waals surface area contributed by atoms with Crippen molar-refractivity contribution in [1.29, 1.82) is 0 Å². The van der Waals surface area contributed by atoms with Crippen molar-refractivity contribution in [3.8, 4) is 0 Å². The van der Waals surface area contributed by atoms with Crippen molar-refractivity contribution in [2.75, 3.05) is 31.7 Å². The summed E-state index contributed by atoms with van der Waals surface area (Å²) in [5.41, 5.74) is 10.9. The lowest BCUT2D eigenvalue weighted by atomic mass is 9.98. The van der Waals surface area contributed by atoms with Gasteiger partial charge in [-0.2, -0.15) is 0 Å². The molecular formula is C33H43FN10O13P2. The lowest BCUT2D eigenvalue weighted by Gasteiger charge is -2.28. The molecule has 4 N–H and O–H groups in total. The van der Waals surface area contributed by atoms with Crippen LogP contribution in [0.5, 0.6) is 0 Å². The van der Waals surface area contributed by atoms with Crippen LogP contribution in [0.25, 0.3) is 22.3 Å². The van der Waals surface area contributed by atoms with Crippen molar-refractivity contribution in [3.63, 3.8) is 0 Å². The molecule has 0 amide bonds. The largest absolute Gasteiger partial charge is 0.478 e. The molecular weight excluding hydrogens is 825 g/mol. The summed E-state index contributed by atoms with van der Waals surface area (Å²) in [6, 6.07) is 0. The molecule has 0 saturated carbocycles. The van der Waals surface area contributed by atoms with E-state index in [0.29, 0.717) is 5.65 Å². The first-order valence-electron chi connectivity index (χ1n) is 18.1. The molecule has 0 spiro atoms. The van der Waals surface area contributed by atoms with Crippen LogP contribution < -0.4 is 11.5 Å². The molecule has 320 valence electrons. The second-order valence-corrected chi connectivity index (χ2v) is 19.1. The molecule has 2 unspecified atom stereocenters. The molecule has 0 aliphatic carbocycles. The van der Waals surface area contributed by atoms with Crippen LogP contribution in [0.1, 0.15) is 60.4 Å². The van der Waals surface area contributed by atoms with E-state index < -0.39 is 101 Å². The van der Waals surface area contributed by atoms with Gasteiger partial charge in [0.25, 0.3) is 0 Å². The molecule has 23 nitrogen and oxygen atoms in total. The van der Waals surface area contributed by atoms with E-state index in [4.69, 9.17) is 53.0 Å². The maximum Gasteiger partial charge on any atom is 0.478 e. The van der Waals surface area contributed by atoms with Gasteiger partial charge in [0.05, 0.1) is 30.1 Å². The summed E-state index contributed by atoms with van der Waals surface area (Å²) < 4.78 is 100. The molecule has 7 rings (SSSR count). The molecule has 7 heterocycles. The van der Waals surface area contributed by atoms with Crippen molar-refractivity contribution in [1.82, 2.24) is 39.0 Å². The van der Waals surface area contributed by atoms with E-state index >= 15 is 4.39 Å². The van der Waals surface area contributed by atoms with Gasteiger partial charge in [0.1, 0.15) is 54.3 Å². The molecule has 26 heteroatoms. The van der Waals surface area contributed by atoms with Crippen molar-refractivity contribution in [3.05, 3.63) is 37.2 Å². The third-order valence-corrected chi connectivity index (χ3v) is 12.1. The van der Waals surface area contributed by atoms with Crippen LogP contribution in [0.4, 0.5) is 16.0 Å². The number of hydrogen-bond acceptors (Lipinski definition) is 21. The topological polar surface area (TPSA) is 291 Å². The van der Waals surface area contributed by atoms with E-state index in [0.717, 1.165) is 18.2 Å². The lowest BCUT2D eigenvalue weighted by molar-refractivity contribution is -0.161. The number of nitrogen functional groups attached to an aromatic ring is 2. The smallest absolute Gasteiger partial charge is 0.438 e. The zero-order chi connectivity index (χ0) is 42.5. The van der Waals surface area contributed by atoms with Gasteiger partial charge in [-0.25, -0.2) is 43.4 Å². The Bertz CT molecular complexity index is 2350. The molecule has 0 radical (unpaired) electrons. The van der Waals surface area contributed by atoms with Crippen molar-refractivity contribution >= 4 is 61.3 Å². The number of phosphoric ester groups is 1. The SMILES string of the molecule is CC(C)(C)C(=O)OCOP1(=O)/C=C/[C@H]2O[C@@H](n3cnc4c(N)ncnc43)[C@H](F)[C@@H]2OP(=O)(OCOC(=O)C(C)(C)C)OC[C@H]2O[C@@H](n3cnc4c(N)ncnc43)C[C@@H]2O1. The highest BCUT2D eigenvalue weighted by Gasteiger charge is 2.52. The first-order valence-corrected chi connectivity index (χ1v) is 21.2. The Labute approximate surface area is 335 Å². The number of rotatable bonds is 8. The van der Waals surface area contributed by atoms with Gasteiger partial charge < -0.3 is 30.4 Å². The average molecular weight is 869 g/mol. The van der Waals surface area contributed by atoms with E-state index in [1.54, 1.807) is 41.5 Å². The second-order valence-electron chi connectivity index (χ2n) is 15.7. The Morgan fingerprint density at radius 3 is 2.00 bits per heavy atom. The van der Waals surface area contributed by atoms with Gasteiger partial charge in [-0.05, 0) is 47.6 Å². The van der Waals surface area contributed by atoms with Crippen LogP contribution in [0.3, 0.4) is 0 Å². The maximum absolute atomic E-state index is 16.8. The summed E-state index contributed by atoms with van der Waals surface area (Å²) in [6.45, 7) is 7.24. The van der Waals surface area contributed by atoms with Gasteiger partial charge >= 0.3 is 27.4 Å². The number of phosphoric acid groups is 1. The Morgan fingerprint density at radius 2 is 1.39 bits per heavy atom. The van der Waals surface area contributed by atoms with Crippen LogP contribution in [0.2, 0.25) is 0 Å². The number of ether oxygens (including phenoxy) is 4. The maximum atomic E-state index is 16.8. The summed E-state index contributed by atoms with van der Waals surface area (Å²) in [7, 11) is -9.45. The molecule has 4 aromatic heterocycles. The highest BCUT2D eigenvalue weighted by Crippen LogP contribution is 2.58. The van der Waals surface area contributed by atoms with Crippen molar-refractivity contribution < 1.29 is 64.7 Å². The molecule has 0 aromatic carbocycles. The van der Waals surface area contributed by atoms with Gasteiger partial charge in [0.15, 0.2) is 35.3 Å². The monoisotopic (exact) mass is 868 g/mol. The number of hydrogen-bond donors (Lipinski definition) is 2. The zero-order valence-corrected chi connectivity index (χ0v) is 34.4. The number of esters is 2. The number of halogens is 1. The minimum atomic E-state index is -4.94. The molecule has 59 heavy (non-hydrogen) atoms. The van der Waals surface area contributed by atoms with Gasteiger partial charge in [-0.15, -0.1) is 0 Å². The molecule has 0 bridgehead atoms. The van der Waals surface area contributed by atoms with Crippen LogP contribution in [-0.2, 0) is 60.3 Å². The van der Waals surface area contributed by atoms with Crippen molar-refractivity contribution in [2.45, 2.75) is 91.0 Å². The summed E-state index contributed by atoms with van der Waals surface area (Å²) >= 11 is 0. The number of aromatic nitrogens is 8. The second kappa shape index (κ2) is 16.2. The number of nitrogens with zero attached hydrogens (tertiary/aromatic N) is 8.